The zero-order valence-electron chi connectivity index (χ0n) is 15.6. The maximum Gasteiger partial charge on any atom is 0.288 e. The zero-order chi connectivity index (χ0) is 19.8. The van der Waals surface area contributed by atoms with Crippen LogP contribution in [0.5, 0.6) is 0 Å². The molecule has 1 aromatic carbocycles. The van der Waals surface area contributed by atoms with Crippen molar-refractivity contribution in [2.24, 2.45) is 0 Å². The highest BCUT2D eigenvalue weighted by Crippen LogP contribution is 2.33. The van der Waals surface area contributed by atoms with Crippen LogP contribution < -0.4 is 4.90 Å². The quantitative estimate of drug-likeness (QED) is 0.567. The van der Waals surface area contributed by atoms with Crippen LogP contribution >= 0.6 is 0 Å². The number of benzene rings is 1. The van der Waals surface area contributed by atoms with Crippen LogP contribution in [0.15, 0.2) is 29.4 Å². The number of hydrogen-bond donors (Lipinski definition) is 0. The summed E-state index contributed by atoms with van der Waals surface area (Å²) in [6, 6.07) is 4.54. The molecule has 2 heterocycles. The standard InChI is InChI=1S/C17H23N5O4S/c1-12(2)21-11-18-19-17(21)13-5-4-8-20(10-13)14-6-7-15(22(23)24)16(9-14)27(3,25)26/h6-7,9,11-13H,4-5,8,10H2,1-3H3. The molecule has 0 bridgehead atoms. The highest BCUT2D eigenvalue weighted by Gasteiger charge is 2.28. The van der Waals surface area contributed by atoms with Crippen LogP contribution in [-0.4, -0.2) is 47.5 Å². The van der Waals surface area contributed by atoms with Gasteiger partial charge in [0, 0.05) is 43.1 Å². The van der Waals surface area contributed by atoms with Crippen LogP contribution in [0.25, 0.3) is 0 Å². The van der Waals surface area contributed by atoms with E-state index in [0.29, 0.717) is 12.2 Å². The lowest BCUT2D eigenvalue weighted by Crippen LogP contribution is -2.35. The summed E-state index contributed by atoms with van der Waals surface area (Å²) in [6.07, 6.45) is 4.60. The first kappa shape index (κ1) is 19.3. The maximum atomic E-state index is 12.0. The largest absolute Gasteiger partial charge is 0.371 e. The Balaban J connectivity index is 1.93. The lowest BCUT2D eigenvalue weighted by Gasteiger charge is -2.34. The summed E-state index contributed by atoms with van der Waals surface area (Å²) in [6.45, 7) is 5.56. The van der Waals surface area contributed by atoms with Crippen LogP contribution in [0.2, 0.25) is 0 Å². The maximum absolute atomic E-state index is 12.0. The SMILES string of the molecule is CC(C)n1cnnc1C1CCCN(c2ccc([N+](=O)[O-])c(S(C)(=O)=O)c2)C1. The number of anilines is 1. The molecule has 0 amide bonds. The monoisotopic (exact) mass is 393 g/mol. The Kier molecular flexibility index (Phi) is 5.18. The number of hydrogen-bond acceptors (Lipinski definition) is 7. The third-order valence-corrected chi connectivity index (χ3v) is 5.97. The van der Waals surface area contributed by atoms with E-state index in [1.165, 1.54) is 12.1 Å². The molecule has 10 heteroatoms. The fourth-order valence-corrected chi connectivity index (χ4v) is 4.37. The van der Waals surface area contributed by atoms with Gasteiger partial charge in [-0.3, -0.25) is 10.1 Å². The summed E-state index contributed by atoms with van der Waals surface area (Å²) in [5, 5.41) is 19.5. The molecule has 9 nitrogen and oxygen atoms in total. The molecule has 1 aromatic heterocycles. The summed E-state index contributed by atoms with van der Waals surface area (Å²) in [5.74, 6) is 1.08. The number of piperidine rings is 1. The summed E-state index contributed by atoms with van der Waals surface area (Å²) < 4.78 is 26.1. The van der Waals surface area contributed by atoms with Gasteiger partial charge in [0.1, 0.15) is 17.0 Å². The molecule has 1 aliphatic rings. The minimum absolute atomic E-state index is 0.167. The smallest absolute Gasteiger partial charge is 0.288 e. The first-order valence-electron chi connectivity index (χ1n) is 8.81. The van der Waals surface area contributed by atoms with Gasteiger partial charge >= 0.3 is 0 Å². The van der Waals surface area contributed by atoms with Crippen molar-refractivity contribution in [3.05, 3.63) is 40.5 Å². The third-order valence-electron chi connectivity index (χ3n) is 4.85. The molecule has 0 spiro atoms. The Labute approximate surface area is 158 Å². The number of nitrogens with zero attached hydrogens (tertiary/aromatic N) is 5. The lowest BCUT2D eigenvalue weighted by molar-refractivity contribution is -0.387. The molecule has 2 aromatic rings. The normalized spacial score (nSPS) is 18.1. The number of rotatable bonds is 5. The Morgan fingerprint density at radius 1 is 1.33 bits per heavy atom. The molecule has 3 rings (SSSR count). The predicted molar refractivity (Wildman–Crippen MR) is 101 cm³/mol. The van der Waals surface area contributed by atoms with Crippen LogP contribution in [0, 0.1) is 10.1 Å². The van der Waals surface area contributed by atoms with E-state index < -0.39 is 20.4 Å². The molecule has 1 unspecified atom stereocenters. The minimum Gasteiger partial charge on any atom is -0.371 e. The van der Waals surface area contributed by atoms with Gasteiger partial charge in [0.05, 0.1) is 4.92 Å². The van der Waals surface area contributed by atoms with Gasteiger partial charge in [0.25, 0.3) is 5.69 Å². The molecule has 146 valence electrons. The first-order chi connectivity index (χ1) is 12.7. The van der Waals surface area contributed by atoms with E-state index in [0.717, 1.165) is 31.5 Å². The third kappa shape index (κ3) is 3.95. The number of aromatic nitrogens is 3. The second kappa shape index (κ2) is 7.26. The fourth-order valence-electron chi connectivity index (χ4n) is 3.51. The molecular formula is C17H23N5O4S. The Bertz CT molecular complexity index is 954. The van der Waals surface area contributed by atoms with Crippen molar-refractivity contribution in [3.8, 4) is 0 Å². The molecule has 1 saturated heterocycles. The van der Waals surface area contributed by atoms with Crippen molar-refractivity contribution < 1.29 is 13.3 Å². The average Bonchev–Trinajstić information content (AvgIpc) is 3.10. The second-order valence-corrected chi connectivity index (χ2v) is 9.14. The van der Waals surface area contributed by atoms with Gasteiger partial charge in [0.15, 0.2) is 9.84 Å². The summed E-state index contributed by atoms with van der Waals surface area (Å²) in [4.78, 5) is 12.3. The van der Waals surface area contributed by atoms with Crippen molar-refractivity contribution in [3.63, 3.8) is 0 Å². The van der Waals surface area contributed by atoms with E-state index in [1.807, 2.05) is 4.57 Å². The fraction of sp³-hybridized carbons (Fsp3) is 0.529. The first-order valence-corrected chi connectivity index (χ1v) is 10.7. The van der Waals surface area contributed by atoms with E-state index in [-0.39, 0.29) is 16.9 Å². The topological polar surface area (TPSA) is 111 Å². The Hall–Kier alpha value is -2.49. The van der Waals surface area contributed by atoms with Crippen LogP contribution in [-0.2, 0) is 9.84 Å². The van der Waals surface area contributed by atoms with Crippen molar-refractivity contribution in [1.82, 2.24) is 14.8 Å². The van der Waals surface area contributed by atoms with Crippen LogP contribution in [0.4, 0.5) is 11.4 Å². The van der Waals surface area contributed by atoms with Crippen molar-refractivity contribution >= 4 is 21.2 Å². The zero-order valence-corrected chi connectivity index (χ0v) is 16.4. The number of nitro groups is 1. The van der Waals surface area contributed by atoms with Crippen molar-refractivity contribution in [2.75, 3.05) is 24.2 Å². The van der Waals surface area contributed by atoms with Gasteiger partial charge in [-0.2, -0.15) is 0 Å². The Morgan fingerprint density at radius 2 is 2.07 bits per heavy atom. The van der Waals surface area contributed by atoms with E-state index in [1.54, 1.807) is 12.4 Å². The van der Waals surface area contributed by atoms with E-state index in [2.05, 4.69) is 28.9 Å². The average molecular weight is 393 g/mol. The highest BCUT2D eigenvalue weighted by atomic mass is 32.2. The van der Waals surface area contributed by atoms with E-state index >= 15 is 0 Å². The van der Waals surface area contributed by atoms with Gasteiger partial charge in [-0.15, -0.1) is 10.2 Å². The van der Waals surface area contributed by atoms with Gasteiger partial charge in [0.2, 0.25) is 0 Å². The molecule has 27 heavy (non-hydrogen) atoms. The molecular weight excluding hydrogens is 370 g/mol. The summed E-state index contributed by atoms with van der Waals surface area (Å²) in [5.41, 5.74) is 0.274. The number of nitro benzene ring substituents is 1. The molecule has 0 aliphatic carbocycles. The molecule has 1 aliphatic heterocycles. The molecule has 0 N–H and O–H groups in total. The summed E-state index contributed by atoms with van der Waals surface area (Å²) >= 11 is 0. The van der Waals surface area contributed by atoms with Gasteiger partial charge in [-0.25, -0.2) is 8.42 Å². The second-order valence-electron chi connectivity index (χ2n) is 7.16. The van der Waals surface area contributed by atoms with Crippen molar-refractivity contribution in [1.29, 1.82) is 0 Å². The molecule has 0 saturated carbocycles. The van der Waals surface area contributed by atoms with Crippen LogP contribution in [0.1, 0.15) is 44.5 Å². The van der Waals surface area contributed by atoms with Crippen LogP contribution in [0.3, 0.4) is 0 Å². The summed E-state index contributed by atoms with van der Waals surface area (Å²) in [7, 11) is -3.71. The van der Waals surface area contributed by atoms with E-state index in [9.17, 15) is 18.5 Å². The Morgan fingerprint density at radius 3 is 2.70 bits per heavy atom. The van der Waals surface area contributed by atoms with Gasteiger partial charge in [-0.1, -0.05) is 0 Å². The van der Waals surface area contributed by atoms with Gasteiger partial charge < -0.3 is 9.47 Å². The number of sulfone groups is 1. The highest BCUT2D eigenvalue weighted by molar-refractivity contribution is 7.90. The van der Waals surface area contributed by atoms with E-state index in [4.69, 9.17) is 0 Å². The minimum atomic E-state index is -3.71. The molecule has 0 radical (unpaired) electrons. The van der Waals surface area contributed by atoms with Crippen molar-refractivity contribution in [2.45, 2.75) is 43.5 Å². The predicted octanol–water partition coefficient (Wildman–Crippen LogP) is 2.55. The van der Waals surface area contributed by atoms with Gasteiger partial charge in [-0.05, 0) is 38.8 Å². The molecule has 1 fully saturated rings. The lowest BCUT2D eigenvalue weighted by atomic mass is 9.96. The molecule has 1 atom stereocenters.